The van der Waals surface area contributed by atoms with Gasteiger partial charge in [-0.2, -0.15) is 4.39 Å². The highest BCUT2D eigenvalue weighted by Crippen LogP contribution is 2.28. The highest BCUT2D eigenvalue weighted by atomic mass is 19.1. The van der Waals surface area contributed by atoms with E-state index in [0.29, 0.717) is 18.7 Å². The number of amides is 1. The number of carbonyl (C=O) groups excluding carboxylic acids is 1. The van der Waals surface area contributed by atoms with Gasteiger partial charge >= 0.3 is 0 Å². The Kier molecular flexibility index (Phi) is 3.34. The van der Waals surface area contributed by atoms with Crippen LogP contribution in [-0.4, -0.2) is 40.1 Å². The van der Waals surface area contributed by atoms with Crippen molar-refractivity contribution < 1.29 is 13.9 Å². The van der Waals surface area contributed by atoms with Crippen LogP contribution < -0.4 is 0 Å². The zero-order chi connectivity index (χ0) is 14.3. The first kappa shape index (κ1) is 13.9. The SMILES string of the molecule is CC1(C)CN(C(=O)c2ccnc(F)c2)CC(C)(C)O1. The van der Waals surface area contributed by atoms with Crippen molar-refractivity contribution in [2.24, 2.45) is 0 Å². The number of ether oxygens (including phenoxy) is 1. The largest absolute Gasteiger partial charge is 0.366 e. The molecule has 1 fully saturated rings. The molecule has 1 aromatic heterocycles. The predicted molar refractivity (Wildman–Crippen MR) is 69.3 cm³/mol. The molecule has 19 heavy (non-hydrogen) atoms. The highest BCUT2D eigenvalue weighted by Gasteiger charge is 2.40. The summed E-state index contributed by atoms with van der Waals surface area (Å²) >= 11 is 0. The van der Waals surface area contributed by atoms with Crippen LogP contribution in [0.4, 0.5) is 4.39 Å². The molecule has 0 aliphatic carbocycles. The van der Waals surface area contributed by atoms with Gasteiger partial charge < -0.3 is 9.64 Å². The molecule has 0 atom stereocenters. The van der Waals surface area contributed by atoms with Gasteiger partial charge in [-0.15, -0.1) is 0 Å². The molecule has 1 amide bonds. The number of hydrogen-bond donors (Lipinski definition) is 0. The molecule has 0 saturated carbocycles. The Morgan fingerprint density at radius 3 is 2.42 bits per heavy atom. The van der Waals surface area contributed by atoms with Crippen LogP contribution in [0.1, 0.15) is 38.1 Å². The molecular formula is C14H19FN2O2. The van der Waals surface area contributed by atoms with Gasteiger partial charge in [-0.25, -0.2) is 4.98 Å². The minimum atomic E-state index is -0.641. The van der Waals surface area contributed by atoms with Gasteiger partial charge in [0, 0.05) is 30.9 Å². The summed E-state index contributed by atoms with van der Waals surface area (Å²) in [5.41, 5.74) is -0.507. The zero-order valence-electron chi connectivity index (χ0n) is 11.7. The number of carbonyl (C=O) groups is 1. The van der Waals surface area contributed by atoms with Gasteiger partial charge in [0.2, 0.25) is 5.95 Å². The van der Waals surface area contributed by atoms with Crippen molar-refractivity contribution in [3.05, 3.63) is 29.8 Å². The number of nitrogens with zero attached hydrogens (tertiary/aromatic N) is 2. The molecule has 5 heteroatoms. The minimum absolute atomic E-state index is 0.189. The van der Waals surface area contributed by atoms with Crippen molar-refractivity contribution in [2.45, 2.75) is 38.9 Å². The summed E-state index contributed by atoms with van der Waals surface area (Å²) in [7, 11) is 0. The maximum Gasteiger partial charge on any atom is 0.254 e. The maximum atomic E-state index is 13.1. The predicted octanol–water partition coefficient (Wildman–Crippen LogP) is 2.25. The number of pyridine rings is 1. The van der Waals surface area contributed by atoms with E-state index in [9.17, 15) is 9.18 Å². The average Bonchev–Trinajstić information content (AvgIpc) is 2.23. The monoisotopic (exact) mass is 266 g/mol. The van der Waals surface area contributed by atoms with Gasteiger partial charge in [0.05, 0.1) is 11.2 Å². The molecule has 0 unspecified atom stereocenters. The Labute approximate surface area is 112 Å². The van der Waals surface area contributed by atoms with Crippen molar-refractivity contribution in [3.63, 3.8) is 0 Å². The Balaban J connectivity index is 2.24. The fourth-order valence-electron chi connectivity index (χ4n) is 2.65. The van der Waals surface area contributed by atoms with Gasteiger partial charge in [0.25, 0.3) is 5.91 Å². The maximum absolute atomic E-state index is 13.1. The second-order valence-electron chi connectivity index (χ2n) is 6.15. The van der Waals surface area contributed by atoms with Crippen LogP contribution in [0, 0.1) is 5.95 Å². The lowest BCUT2D eigenvalue weighted by atomic mass is 9.98. The molecule has 2 heterocycles. The molecule has 0 bridgehead atoms. The first-order valence-electron chi connectivity index (χ1n) is 6.30. The van der Waals surface area contributed by atoms with Crippen molar-refractivity contribution in [3.8, 4) is 0 Å². The van der Waals surface area contributed by atoms with Crippen LogP contribution in [-0.2, 0) is 4.74 Å². The van der Waals surface area contributed by atoms with E-state index in [-0.39, 0.29) is 5.91 Å². The van der Waals surface area contributed by atoms with Crippen LogP contribution in [0.3, 0.4) is 0 Å². The van der Waals surface area contributed by atoms with Crippen molar-refractivity contribution in [2.75, 3.05) is 13.1 Å². The summed E-state index contributed by atoms with van der Waals surface area (Å²) in [6.07, 6.45) is 1.30. The molecule has 1 aliphatic rings. The lowest BCUT2D eigenvalue weighted by molar-refractivity contribution is -0.171. The fraction of sp³-hybridized carbons (Fsp3) is 0.571. The molecular weight excluding hydrogens is 247 g/mol. The van der Waals surface area contributed by atoms with Gasteiger partial charge in [-0.3, -0.25) is 4.79 Å². The van der Waals surface area contributed by atoms with Gasteiger partial charge in [-0.1, -0.05) is 0 Å². The van der Waals surface area contributed by atoms with E-state index in [2.05, 4.69) is 4.98 Å². The van der Waals surface area contributed by atoms with Crippen LogP contribution in [0.5, 0.6) is 0 Å². The van der Waals surface area contributed by atoms with Crippen molar-refractivity contribution >= 4 is 5.91 Å². The standard InChI is InChI=1S/C14H19FN2O2/c1-13(2)8-17(9-14(3,4)19-13)12(18)10-5-6-16-11(15)7-10/h5-7H,8-9H2,1-4H3. The molecule has 4 nitrogen and oxygen atoms in total. The van der Waals surface area contributed by atoms with E-state index in [0.717, 1.165) is 6.07 Å². The smallest absolute Gasteiger partial charge is 0.254 e. The third-order valence-electron chi connectivity index (χ3n) is 2.96. The second-order valence-corrected chi connectivity index (χ2v) is 6.15. The van der Waals surface area contributed by atoms with Crippen LogP contribution in [0.25, 0.3) is 0 Å². The number of rotatable bonds is 1. The van der Waals surface area contributed by atoms with Crippen LogP contribution >= 0.6 is 0 Å². The molecule has 0 spiro atoms. The van der Waals surface area contributed by atoms with Crippen LogP contribution in [0.2, 0.25) is 0 Å². The molecule has 1 aromatic rings. The van der Waals surface area contributed by atoms with Gasteiger partial charge in [-0.05, 0) is 33.8 Å². The normalized spacial score (nSPS) is 21.2. The summed E-state index contributed by atoms with van der Waals surface area (Å²) in [5, 5.41) is 0. The van der Waals surface area contributed by atoms with Gasteiger partial charge in [0.1, 0.15) is 0 Å². The molecule has 1 aliphatic heterocycles. The molecule has 0 radical (unpaired) electrons. The Morgan fingerprint density at radius 1 is 1.32 bits per heavy atom. The van der Waals surface area contributed by atoms with E-state index in [4.69, 9.17) is 4.74 Å². The average molecular weight is 266 g/mol. The van der Waals surface area contributed by atoms with E-state index in [1.807, 2.05) is 27.7 Å². The van der Waals surface area contributed by atoms with Crippen LogP contribution in [0.15, 0.2) is 18.3 Å². The molecule has 0 aromatic carbocycles. The highest BCUT2D eigenvalue weighted by molar-refractivity contribution is 5.94. The van der Waals surface area contributed by atoms with E-state index < -0.39 is 17.1 Å². The summed E-state index contributed by atoms with van der Waals surface area (Å²) in [6, 6.07) is 2.69. The van der Waals surface area contributed by atoms with E-state index in [1.54, 1.807) is 4.90 Å². The summed E-state index contributed by atoms with van der Waals surface area (Å²) in [5.74, 6) is -0.830. The number of morpholine rings is 1. The summed E-state index contributed by atoms with van der Waals surface area (Å²) in [4.78, 5) is 17.6. The minimum Gasteiger partial charge on any atom is -0.366 e. The topological polar surface area (TPSA) is 42.4 Å². The van der Waals surface area contributed by atoms with Gasteiger partial charge in [0.15, 0.2) is 0 Å². The number of hydrogen-bond acceptors (Lipinski definition) is 3. The third-order valence-corrected chi connectivity index (χ3v) is 2.96. The van der Waals surface area contributed by atoms with E-state index >= 15 is 0 Å². The second kappa shape index (κ2) is 4.56. The Morgan fingerprint density at radius 2 is 1.89 bits per heavy atom. The van der Waals surface area contributed by atoms with Crippen molar-refractivity contribution in [1.29, 1.82) is 0 Å². The lowest BCUT2D eigenvalue weighted by Crippen LogP contribution is -2.58. The first-order valence-corrected chi connectivity index (χ1v) is 6.30. The Bertz CT molecular complexity index is 484. The molecule has 2 rings (SSSR count). The summed E-state index contributed by atoms with van der Waals surface area (Å²) < 4.78 is 19.0. The third kappa shape index (κ3) is 3.29. The molecule has 104 valence electrons. The molecule has 1 saturated heterocycles. The lowest BCUT2D eigenvalue weighted by Gasteiger charge is -2.47. The Hall–Kier alpha value is -1.49. The zero-order valence-corrected chi connectivity index (χ0v) is 11.7. The number of aromatic nitrogens is 1. The fourth-order valence-corrected chi connectivity index (χ4v) is 2.65. The first-order chi connectivity index (χ1) is 8.69. The number of halogens is 1. The molecule has 0 N–H and O–H groups in total. The summed E-state index contributed by atoms with van der Waals surface area (Å²) in [6.45, 7) is 8.75. The van der Waals surface area contributed by atoms with E-state index in [1.165, 1.54) is 12.3 Å². The van der Waals surface area contributed by atoms with Crippen molar-refractivity contribution in [1.82, 2.24) is 9.88 Å². The quantitative estimate of drug-likeness (QED) is 0.732.